The Morgan fingerprint density at radius 1 is 1.54 bits per heavy atom. The number of anilines is 1. The van der Waals surface area contributed by atoms with Gasteiger partial charge in [-0.2, -0.15) is 5.26 Å². The second-order valence-electron chi connectivity index (χ2n) is 2.77. The van der Waals surface area contributed by atoms with Crippen molar-refractivity contribution >= 4 is 16.7 Å². The molecule has 0 aliphatic carbocycles. The standard InChI is InChI=1S/C9H8N4/c10-4-3-6-7(11)1-2-8-9(6)13-5-12-8/h1-2,5H,3,11H2,(H,12,13). The summed E-state index contributed by atoms with van der Waals surface area (Å²) in [6.45, 7) is 0. The van der Waals surface area contributed by atoms with E-state index in [-0.39, 0.29) is 0 Å². The molecule has 0 aliphatic heterocycles. The van der Waals surface area contributed by atoms with Crippen LogP contribution in [0.4, 0.5) is 5.69 Å². The van der Waals surface area contributed by atoms with Gasteiger partial charge in [0, 0.05) is 11.3 Å². The molecule has 3 N–H and O–H groups in total. The monoisotopic (exact) mass is 172 g/mol. The van der Waals surface area contributed by atoms with Gasteiger partial charge in [0.2, 0.25) is 0 Å². The van der Waals surface area contributed by atoms with Gasteiger partial charge >= 0.3 is 0 Å². The van der Waals surface area contributed by atoms with Crippen molar-refractivity contribution in [3.8, 4) is 6.07 Å². The molecule has 0 spiro atoms. The largest absolute Gasteiger partial charge is 0.398 e. The van der Waals surface area contributed by atoms with Crippen LogP contribution in [0.3, 0.4) is 0 Å². The molecule has 0 amide bonds. The van der Waals surface area contributed by atoms with Crippen LogP contribution in [0.5, 0.6) is 0 Å². The van der Waals surface area contributed by atoms with E-state index in [9.17, 15) is 0 Å². The summed E-state index contributed by atoms with van der Waals surface area (Å²) in [5.74, 6) is 0. The molecule has 2 aromatic rings. The van der Waals surface area contributed by atoms with E-state index < -0.39 is 0 Å². The summed E-state index contributed by atoms with van der Waals surface area (Å²) in [4.78, 5) is 7.08. The first kappa shape index (κ1) is 7.62. The Kier molecular flexibility index (Phi) is 1.64. The topological polar surface area (TPSA) is 78.5 Å². The maximum absolute atomic E-state index is 8.60. The first-order valence-corrected chi connectivity index (χ1v) is 3.90. The molecule has 1 aromatic carbocycles. The molecule has 2 rings (SSSR count). The molecular weight excluding hydrogens is 164 g/mol. The molecule has 64 valence electrons. The second-order valence-corrected chi connectivity index (χ2v) is 2.77. The fraction of sp³-hybridized carbons (Fsp3) is 0.111. The summed E-state index contributed by atoms with van der Waals surface area (Å²) >= 11 is 0. The third-order valence-electron chi connectivity index (χ3n) is 1.99. The van der Waals surface area contributed by atoms with E-state index in [1.54, 1.807) is 12.4 Å². The van der Waals surface area contributed by atoms with Gasteiger partial charge in [0.15, 0.2) is 0 Å². The zero-order valence-corrected chi connectivity index (χ0v) is 6.91. The number of fused-ring (bicyclic) bond motifs is 1. The van der Waals surface area contributed by atoms with E-state index in [0.29, 0.717) is 12.1 Å². The number of nitrogens with zero attached hydrogens (tertiary/aromatic N) is 2. The van der Waals surface area contributed by atoms with Crippen LogP contribution >= 0.6 is 0 Å². The number of imidazole rings is 1. The fourth-order valence-corrected chi connectivity index (χ4v) is 1.35. The Bertz CT molecular complexity index is 478. The fourth-order valence-electron chi connectivity index (χ4n) is 1.35. The number of nitrogen functional groups attached to an aromatic ring is 1. The van der Waals surface area contributed by atoms with E-state index in [0.717, 1.165) is 16.6 Å². The molecule has 0 bridgehead atoms. The highest BCUT2D eigenvalue weighted by Crippen LogP contribution is 2.21. The van der Waals surface area contributed by atoms with E-state index >= 15 is 0 Å². The summed E-state index contributed by atoms with van der Waals surface area (Å²) in [6.07, 6.45) is 1.90. The number of benzene rings is 1. The van der Waals surface area contributed by atoms with Crippen LogP contribution in [-0.2, 0) is 6.42 Å². The van der Waals surface area contributed by atoms with E-state index in [2.05, 4.69) is 16.0 Å². The van der Waals surface area contributed by atoms with Crippen LogP contribution in [0.2, 0.25) is 0 Å². The molecule has 0 saturated carbocycles. The number of nitriles is 1. The molecule has 0 radical (unpaired) electrons. The van der Waals surface area contributed by atoms with Crippen molar-refractivity contribution < 1.29 is 0 Å². The Balaban J connectivity index is 2.74. The van der Waals surface area contributed by atoms with Crippen LogP contribution in [0, 0.1) is 11.3 Å². The van der Waals surface area contributed by atoms with Gasteiger partial charge in [0.25, 0.3) is 0 Å². The zero-order chi connectivity index (χ0) is 9.26. The third-order valence-corrected chi connectivity index (χ3v) is 1.99. The summed E-state index contributed by atoms with van der Waals surface area (Å²) in [7, 11) is 0. The van der Waals surface area contributed by atoms with Crippen molar-refractivity contribution in [3.63, 3.8) is 0 Å². The van der Waals surface area contributed by atoms with Gasteiger partial charge < -0.3 is 10.7 Å². The minimum atomic E-state index is 0.300. The average Bonchev–Trinajstić information content (AvgIpc) is 2.58. The maximum Gasteiger partial charge on any atom is 0.0945 e. The maximum atomic E-state index is 8.60. The van der Waals surface area contributed by atoms with Gasteiger partial charge in [-0.05, 0) is 12.1 Å². The Morgan fingerprint density at radius 3 is 3.15 bits per heavy atom. The van der Waals surface area contributed by atoms with Gasteiger partial charge in [-0.1, -0.05) is 0 Å². The molecule has 0 aliphatic rings. The zero-order valence-electron chi connectivity index (χ0n) is 6.91. The number of aromatic nitrogens is 2. The third kappa shape index (κ3) is 1.11. The van der Waals surface area contributed by atoms with E-state index in [4.69, 9.17) is 11.0 Å². The Morgan fingerprint density at radius 2 is 2.38 bits per heavy atom. The van der Waals surface area contributed by atoms with Crippen LogP contribution < -0.4 is 5.73 Å². The lowest BCUT2D eigenvalue weighted by Crippen LogP contribution is -1.94. The molecular formula is C9H8N4. The van der Waals surface area contributed by atoms with Crippen LogP contribution in [-0.4, -0.2) is 9.97 Å². The van der Waals surface area contributed by atoms with Gasteiger partial charge in [0.1, 0.15) is 0 Å². The van der Waals surface area contributed by atoms with Gasteiger partial charge in [-0.25, -0.2) is 4.98 Å². The van der Waals surface area contributed by atoms with Crippen molar-refractivity contribution in [1.29, 1.82) is 5.26 Å². The lowest BCUT2D eigenvalue weighted by Gasteiger charge is -2.00. The van der Waals surface area contributed by atoms with Gasteiger partial charge in [0.05, 0.1) is 29.9 Å². The highest BCUT2D eigenvalue weighted by Gasteiger charge is 2.06. The minimum absolute atomic E-state index is 0.300. The van der Waals surface area contributed by atoms with Crippen LogP contribution in [0.1, 0.15) is 5.56 Å². The van der Waals surface area contributed by atoms with Crippen LogP contribution in [0.25, 0.3) is 11.0 Å². The molecule has 0 saturated heterocycles. The Hall–Kier alpha value is -2.02. The number of hydrogen-bond donors (Lipinski definition) is 2. The van der Waals surface area contributed by atoms with Crippen molar-refractivity contribution in [2.75, 3.05) is 5.73 Å². The summed E-state index contributed by atoms with van der Waals surface area (Å²) in [5, 5.41) is 8.60. The molecule has 1 heterocycles. The molecule has 4 nitrogen and oxygen atoms in total. The molecule has 13 heavy (non-hydrogen) atoms. The highest BCUT2D eigenvalue weighted by atomic mass is 14.9. The van der Waals surface area contributed by atoms with Crippen molar-refractivity contribution in [2.45, 2.75) is 6.42 Å². The first-order valence-electron chi connectivity index (χ1n) is 3.90. The molecule has 0 atom stereocenters. The molecule has 0 unspecified atom stereocenters. The lowest BCUT2D eigenvalue weighted by atomic mass is 10.1. The average molecular weight is 172 g/mol. The van der Waals surface area contributed by atoms with Gasteiger partial charge in [-0.15, -0.1) is 0 Å². The van der Waals surface area contributed by atoms with Crippen molar-refractivity contribution in [3.05, 3.63) is 24.0 Å². The first-order chi connectivity index (χ1) is 6.33. The summed E-state index contributed by atoms with van der Waals surface area (Å²) in [5.41, 5.74) is 8.87. The highest BCUT2D eigenvalue weighted by molar-refractivity contribution is 5.83. The minimum Gasteiger partial charge on any atom is -0.398 e. The second kappa shape index (κ2) is 2.79. The normalized spacial score (nSPS) is 10.1. The predicted molar refractivity (Wildman–Crippen MR) is 49.8 cm³/mol. The van der Waals surface area contributed by atoms with E-state index in [1.807, 2.05) is 6.07 Å². The molecule has 1 aromatic heterocycles. The number of nitrogens with two attached hydrogens (primary N) is 1. The lowest BCUT2D eigenvalue weighted by molar-refractivity contribution is 1.27. The number of hydrogen-bond acceptors (Lipinski definition) is 3. The van der Waals surface area contributed by atoms with E-state index in [1.165, 1.54) is 0 Å². The van der Waals surface area contributed by atoms with Crippen molar-refractivity contribution in [2.24, 2.45) is 0 Å². The number of rotatable bonds is 1. The number of aromatic amines is 1. The summed E-state index contributed by atoms with van der Waals surface area (Å²) in [6, 6.07) is 5.72. The smallest absolute Gasteiger partial charge is 0.0945 e. The van der Waals surface area contributed by atoms with Crippen LogP contribution in [0.15, 0.2) is 18.5 Å². The Labute approximate surface area is 75.0 Å². The molecule has 4 heteroatoms. The van der Waals surface area contributed by atoms with Crippen molar-refractivity contribution in [1.82, 2.24) is 9.97 Å². The number of H-pyrrole nitrogens is 1. The predicted octanol–water partition coefficient (Wildman–Crippen LogP) is 1.21. The molecule has 0 fully saturated rings. The number of nitrogens with one attached hydrogen (secondary N) is 1. The quantitative estimate of drug-likeness (QED) is 0.634. The SMILES string of the molecule is N#CCc1c(N)ccc2[nH]cnc12. The van der Waals surface area contributed by atoms with Gasteiger partial charge in [-0.3, -0.25) is 0 Å². The summed E-state index contributed by atoms with van der Waals surface area (Å²) < 4.78 is 0.